The summed E-state index contributed by atoms with van der Waals surface area (Å²) in [6, 6.07) is 10.1. The number of halogens is 2. The average Bonchev–Trinajstić information content (AvgIpc) is 3.17. The van der Waals surface area contributed by atoms with E-state index in [2.05, 4.69) is 5.32 Å². The number of nitrogens with zero attached hydrogens (tertiary/aromatic N) is 1. The highest BCUT2D eigenvalue weighted by Crippen LogP contribution is 2.33. The van der Waals surface area contributed by atoms with E-state index in [1.54, 1.807) is 30.0 Å². The van der Waals surface area contributed by atoms with Crippen molar-refractivity contribution in [3.05, 3.63) is 57.6 Å². The molecule has 6 nitrogen and oxygen atoms in total. The monoisotopic (exact) mass is 478 g/mol. The molecule has 2 aromatic carbocycles. The number of fused-ring (bicyclic) bond motifs is 1. The molecular formula is C24H28Cl2N2O4. The molecule has 2 aromatic rings. The number of amides is 2. The van der Waals surface area contributed by atoms with E-state index in [0.717, 1.165) is 11.1 Å². The van der Waals surface area contributed by atoms with Crippen LogP contribution in [0.1, 0.15) is 45.2 Å². The number of hydrogen-bond donors (Lipinski definition) is 1. The number of ether oxygens (including phenoxy) is 2. The van der Waals surface area contributed by atoms with Gasteiger partial charge in [0.15, 0.2) is 11.5 Å². The minimum atomic E-state index is -0.676. The van der Waals surface area contributed by atoms with Gasteiger partial charge in [-0.3, -0.25) is 9.59 Å². The molecule has 0 aromatic heterocycles. The van der Waals surface area contributed by atoms with E-state index in [9.17, 15) is 9.59 Å². The zero-order valence-corrected chi connectivity index (χ0v) is 20.2. The lowest BCUT2D eigenvalue weighted by atomic mass is 10.1. The Hall–Kier alpha value is -2.44. The number of carbonyl (C=O) groups excluding carboxylic acids is 2. The predicted octanol–water partition coefficient (Wildman–Crippen LogP) is 4.99. The number of benzene rings is 2. The van der Waals surface area contributed by atoms with Crippen LogP contribution < -0.4 is 14.8 Å². The highest BCUT2D eigenvalue weighted by molar-refractivity contribution is 6.35. The van der Waals surface area contributed by atoms with Gasteiger partial charge in [-0.15, -0.1) is 0 Å². The van der Waals surface area contributed by atoms with Crippen molar-refractivity contribution >= 4 is 35.0 Å². The molecule has 0 aliphatic carbocycles. The second kappa shape index (κ2) is 10.0. The molecule has 2 amide bonds. The van der Waals surface area contributed by atoms with Crippen LogP contribution in [0.15, 0.2) is 36.4 Å². The molecule has 0 saturated heterocycles. The zero-order chi connectivity index (χ0) is 23.5. The molecule has 0 spiro atoms. The van der Waals surface area contributed by atoms with E-state index in [4.69, 9.17) is 32.7 Å². The number of hydrogen-bond acceptors (Lipinski definition) is 4. The minimum absolute atomic E-state index is 0.148. The molecule has 0 saturated carbocycles. The molecule has 32 heavy (non-hydrogen) atoms. The van der Waals surface area contributed by atoms with Crippen LogP contribution in [0.2, 0.25) is 10.0 Å². The molecule has 0 radical (unpaired) electrons. The fourth-order valence-electron chi connectivity index (χ4n) is 3.38. The first-order valence-corrected chi connectivity index (χ1v) is 11.2. The van der Waals surface area contributed by atoms with E-state index in [1.807, 2.05) is 39.0 Å². The van der Waals surface area contributed by atoms with Crippen molar-refractivity contribution in [3.63, 3.8) is 0 Å². The van der Waals surface area contributed by atoms with Gasteiger partial charge in [-0.05, 0) is 69.5 Å². The molecule has 1 aliphatic rings. The van der Waals surface area contributed by atoms with Crippen LogP contribution in [0.5, 0.6) is 11.5 Å². The smallest absolute Gasteiger partial charge is 0.242 e. The second-order valence-corrected chi connectivity index (χ2v) is 9.70. The molecule has 1 N–H and O–H groups in total. The molecular weight excluding hydrogens is 451 g/mol. The van der Waals surface area contributed by atoms with Gasteiger partial charge in [0.05, 0.1) is 0 Å². The topological polar surface area (TPSA) is 67.9 Å². The lowest BCUT2D eigenvalue weighted by Gasteiger charge is -2.31. The summed E-state index contributed by atoms with van der Waals surface area (Å²) in [5.74, 6) is 1.01. The van der Waals surface area contributed by atoms with Crippen LogP contribution in [0.25, 0.3) is 0 Å². The van der Waals surface area contributed by atoms with Gasteiger partial charge in [0.2, 0.25) is 18.6 Å². The molecule has 0 unspecified atom stereocenters. The maximum absolute atomic E-state index is 13.3. The summed E-state index contributed by atoms with van der Waals surface area (Å²) in [5.41, 5.74) is 1.27. The first-order valence-electron chi connectivity index (χ1n) is 10.5. The van der Waals surface area contributed by atoms with Crippen LogP contribution in [0.4, 0.5) is 0 Å². The summed E-state index contributed by atoms with van der Waals surface area (Å²) < 4.78 is 10.8. The Kier molecular flexibility index (Phi) is 7.57. The predicted molar refractivity (Wildman–Crippen MR) is 125 cm³/mol. The number of aryl methyl sites for hydroxylation is 1. The van der Waals surface area contributed by atoms with Crippen molar-refractivity contribution in [2.24, 2.45) is 0 Å². The van der Waals surface area contributed by atoms with Crippen molar-refractivity contribution in [3.8, 4) is 11.5 Å². The number of carbonyl (C=O) groups is 2. The first-order chi connectivity index (χ1) is 15.0. The summed E-state index contributed by atoms with van der Waals surface area (Å²) in [5, 5.41) is 3.91. The lowest BCUT2D eigenvalue weighted by Crippen LogP contribution is -2.52. The highest BCUT2D eigenvalue weighted by atomic mass is 35.5. The molecule has 8 heteroatoms. The van der Waals surface area contributed by atoms with Crippen LogP contribution in [-0.4, -0.2) is 35.1 Å². The van der Waals surface area contributed by atoms with Gasteiger partial charge >= 0.3 is 0 Å². The van der Waals surface area contributed by atoms with Crippen molar-refractivity contribution < 1.29 is 19.1 Å². The SMILES string of the molecule is C[C@@H](C(=O)NC(C)(C)C)N(Cc1ccc(Cl)cc1Cl)C(=O)CCc1ccc2c(c1)OCO2. The highest BCUT2D eigenvalue weighted by Gasteiger charge is 2.28. The third-order valence-corrected chi connectivity index (χ3v) is 5.67. The average molecular weight is 479 g/mol. The third-order valence-electron chi connectivity index (χ3n) is 5.09. The van der Waals surface area contributed by atoms with Crippen LogP contribution in [-0.2, 0) is 22.6 Å². The van der Waals surface area contributed by atoms with Crippen LogP contribution in [0.3, 0.4) is 0 Å². The Morgan fingerprint density at radius 2 is 1.81 bits per heavy atom. The molecule has 0 bridgehead atoms. The van der Waals surface area contributed by atoms with Crippen molar-refractivity contribution in [1.82, 2.24) is 10.2 Å². The number of nitrogens with one attached hydrogen (secondary N) is 1. The minimum Gasteiger partial charge on any atom is -0.454 e. The van der Waals surface area contributed by atoms with Gasteiger partial charge in [-0.1, -0.05) is 35.3 Å². The van der Waals surface area contributed by atoms with Gasteiger partial charge in [0.1, 0.15) is 6.04 Å². The lowest BCUT2D eigenvalue weighted by molar-refractivity contribution is -0.141. The summed E-state index contributed by atoms with van der Waals surface area (Å²) in [6.07, 6.45) is 0.742. The van der Waals surface area contributed by atoms with Crippen molar-refractivity contribution in [1.29, 1.82) is 0 Å². The largest absolute Gasteiger partial charge is 0.454 e. The van der Waals surface area contributed by atoms with E-state index in [0.29, 0.717) is 28.0 Å². The number of rotatable bonds is 7. The summed E-state index contributed by atoms with van der Waals surface area (Å²) in [4.78, 5) is 27.7. The van der Waals surface area contributed by atoms with E-state index in [1.165, 1.54) is 0 Å². The third kappa shape index (κ3) is 6.30. The maximum Gasteiger partial charge on any atom is 0.242 e. The van der Waals surface area contributed by atoms with Gasteiger partial charge in [0, 0.05) is 28.5 Å². The van der Waals surface area contributed by atoms with E-state index >= 15 is 0 Å². The fraction of sp³-hybridized carbons (Fsp3) is 0.417. The summed E-state index contributed by atoms with van der Waals surface area (Å²) in [7, 11) is 0. The van der Waals surface area contributed by atoms with Crippen LogP contribution >= 0.6 is 23.2 Å². The molecule has 1 heterocycles. The Balaban J connectivity index is 1.76. The van der Waals surface area contributed by atoms with Gasteiger partial charge in [0.25, 0.3) is 0 Å². The van der Waals surface area contributed by atoms with Crippen molar-refractivity contribution in [2.45, 2.75) is 58.7 Å². The Labute approximate surface area is 198 Å². The molecule has 1 atom stereocenters. The Morgan fingerprint density at radius 3 is 2.50 bits per heavy atom. The normalized spacial score (nSPS) is 13.6. The Morgan fingerprint density at radius 1 is 1.09 bits per heavy atom. The fourth-order valence-corrected chi connectivity index (χ4v) is 3.85. The van der Waals surface area contributed by atoms with Crippen LogP contribution in [0, 0.1) is 0 Å². The summed E-state index contributed by atoms with van der Waals surface area (Å²) >= 11 is 12.4. The van der Waals surface area contributed by atoms with Gasteiger partial charge in [-0.2, -0.15) is 0 Å². The van der Waals surface area contributed by atoms with E-state index < -0.39 is 11.6 Å². The van der Waals surface area contributed by atoms with Gasteiger partial charge < -0.3 is 19.7 Å². The molecule has 0 fully saturated rings. The zero-order valence-electron chi connectivity index (χ0n) is 18.7. The van der Waals surface area contributed by atoms with E-state index in [-0.39, 0.29) is 31.6 Å². The first kappa shape index (κ1) is 24.2. The Bertz CT molecular complexity index is 1000. The summed E-state index contributed by atoms with van der Waals surface area (Å²) in [6.45, 7) is 7.84. The standard InChI is InChI=1S/C24H28Cl2N2O4/c1-15(23(30)27-24(2,3)4)28(13-17-7-8-18(25)12-19(17)26)22(29)10-6-16-5-9-20-21(11-16)32-14-31-20/h5,7-9,11-12,15H,6,10,13-14H2,1-4H3,(H,27,30)/t15-/m0/s1. The van der Waals surface area contributed by atoms with Crippen molar-refractivity contribution in [2.75, 3.05) is 6.79 Å². The second-order valence-electron chi connectivity index (χ2n) is 8.86. The molecule has 3 rings (SSSR count). The van der Waals surface area contributed by atoms with Gasteiger partial charge in [-0.25, -0.2) is 0 Å². The quantitative estimate of drug-likeness (QED) is 0.608. The molecule has 172 valence electrons. The molecule has 1 aliphatic heterocycles. The maximum atomic E-state index is 13.3.